The molecule has 2 fully saturated rings. The average Bonchev–Trinajstić information content (AvgIpc) is 2.59. The van der Waals surface area contributed by atoms with Crippen LogP contribution in [0.4, 0.5) is 4.79 Å². The van der Waals surface area contributed by atoms with Crippen molar-refractivity contribution < 1.29 is 4.79 Å². The van der Waals surface area contributed by atoms with Crippen molar-refractivity contribution in [1.82, 2.24) is 10.2 Å². The summed E-state index contributed by atoms with van der Waals surface area (Å²) in [7, 11) is 3.51. The third kappa shape index (κ3) is 1.58. The first kappa shape index (κ1) is 10.1. The molecular weight excluding hydrogens is 200 g/mol. The smallest absolute Gasteiger partial charge is 0.317 e. The summed E-state index contributed by atoms with van der Waals surface area (Å²) in [6.45, 7) is 0. The predicted octanol–water partition coefficient (Wildman–Crippen LogP) is 1.81. The zero-order valence-electron chi connectivity index (χ0n) is 8.72. The van der Waals surface area contributed by atoms with Gasteiger partial charge in [0.2, 0.25) is 0 Å². The maximum atomic E-state index is 11.5. The van der Waals surface area contributed by atoms with E-state index in [1.807, 2.05) is 0 Å². The largest absolute Gasteiger partial charge is 0.333 e. The molecule has 3 atom stereocenters. The summed E-state index contributed by atoms with van der Waals surface area (Å²) in [6.07, 6.45) is 4.42. The van der Waals surface area contributed by atoms with Crippen molar-refractivity contribution in [3.8, 4) is 0 Å². The Labute approximate surface area is 89.8 Å². The van der Waals surface area contributed by atoms with Gasteiger partial charge in [0.15, 0.2) is 0 Å². The van der Waals surface area contributed by atoms with E-state index >= 15 is 0 Å². The molecule has 0 spiro atoms. The van der Waals surface area contributed by atoms with Crippen LogP contribution in [0.25, 0.3) is 0 Å². The molecule has 2 rings (SSSR count). The van der Waals surface area contributed by atoms with Crippen LogP contribution >= 0.6 is 11.6 Å². The minimum absolute atomic E-state index is 0.0254. The lowest BCUT2D eigenvalue weighted by atomic mass is 9.95. The summed E-state index contributed by atoms with van der Waals surface area (Å²) < 4.78 is 0. The number of nitrogens with zero attached hydrogens (tertiary/aromatic N) is 1. The Morgan fingerprint density at radius 2 is 2.29 bits per heavy atom. The van der Waals surface area contributed by atoms with Gasteiger partial charge in [0.25, 0.3) is 0 Å². The van der Waals surface area contributed by atoms with E-state index in [0.29, 0.717) is 0 Å². The van der Waals surface area contributed by atoms with Gasteiger partial charge in [-0.15, -0.1) is 11.6 Å². The summed E-state index contributed by atoms with van der Waals surface area (Å²) in [5.74, 6) is 0.736. The zero-order chi connectivity index (χ0) is 10.3. The standard InChI is InChI=1S/C10H17ClN2O/c1-13(2)9(14)12-8-5-7-3-4-10(8,11)6-7/h7-8H,3-6H2,1-2H3,(H,12,14). The Bertz CT molecular complexity index is 257. The van der Waals surface area contributed by atoms with Gasteiger partial charge in [0.1, 0.15) is 0 Å². The minimum atomic E-state index is -0.143. The number of nitrogens with one attached hydrogen (secondary N) is 1. The van der Waals surface area contributed by atoms with Crippen LogP contribution in [0.1, 0.15) is 25.7 Å². The fourth-order valence-electron chi connectivity index (χ4n) is 2.66. The third-order valence-electron chi connectivity index (χ3n) is 3.49. The molecule has 0 aliphatic heterocycles. The average molecular weight is 217 g/mol. The van der Waals surface area contributed by atoms with Crippen LogP contribution in [0, 0.1) is 5.92 Å². The highest BCUT2D eigenvalue weighted by atomic mass is 35.5. The first-order valence-electron chi connectivity index (χ1n) is 5.18. The van der Waals surface area contributed by atoms with Crippen molar-refractivity contribution in [2.24, 2.45) is 5.92 Å². The molecule has 0 aromatic carbocycles. The van der Waals surface area contributed by atoms with Crippen molar-refractivity contribution in [1.29, 1.82) is 0 Å². The van der Waals surface area contributed by atoms with E-state index < -0.39 is 0 Å². The molecule has 0 saturated heterocycles. The molecule has 1 N–H and O–H groups in total. The van der Waals surface area contributed by atoms with Crippen molar-refractivity contribution in [3.05, 3.63) is 0 Å². The number of halogens is 1. The van der Waals surface area contributed by atoms with Crippen LogP contribution in [0.3, 0.4) is 0 Å². The highest BCUT2D eigenvalue weighted by Crippen LogP contribution is 2.51. The van der Waals surface area contributed by atoms with E-state index in [1.165, 1.54) is 6.42 Å². The first-order chi connectivity index (χ1) is 6.51. The topological polar surface area (TPSA) is 32.3 Å². The molecule has 2 bridgehead atoms. The number of alkyl halides is 1. The summed E-state index contributed by atoms with van der Waals surface area (Å²) in [5, 5.41) is 3.01. The lowest BCUT2D eigenvalue weighted by Crippen LogP contribution is -2.49. The van der Waals surface area contributed by atoms with Crippen LogP contribution in [-0.4, -0.2) is 35.9 Å². The van der Waals surface area contributed by atoms with Gasteiger partial charge in [-0.1, -0.05) is 0 Å². The van der Waals surface area contributed by atoms with Crippen LogP contribution < -0.4 is 5.32 Å². The maximum absolute atomic E-state index is 11.5. The second-order valence-electron chi connectivity index (χ2n) is 4.78. The molecule has 0 aromatic heterocycles. The van der Waals surface area contributed by atoms with Gasteiger partial charge < -0.3 is 10.2 Å². The molecule has 14 heavy (non-hydrogen) atoms. The number of hydrogen-bond donors (Lipinski definition) is 1. The quantitative estimate of drug-likeness (QED) is 0.667. The fraction of sp³-hybridized carbons (Fsp3) is 0.900. The summed E-state index contributed by atoms with van der Waals surface area (Å²) in [4.78, 5) is 12.9. The number of hydrogen-bond acceptors (Lipinski definition) is 1. The molecule has 2 saturated carbocycles. The van der Waals surface area contributed by atoms with Crippen LogP contribution in [0.5, 0.6) is 0 Å². The highest BCUT2D eigenvalue weighted by Gasteiger charge is 2.51. The lowest BCUT2D eigenvalue weighted by molar-refractivity contribution is 0.208. The number of amides is 2. The number of rotatable bonds is 1. The maximum Gasteiger partial charge on any atom is 0.317 e. The summed E-state index contributed by atoms with van der Waals surface area (Å²) in [5.41, 5.74) is 0. The molecule has 2 amide bonds. The van der Waals surface area contributed by atoms with Crippen LogP contribution in [-0.2, 0) is 0 Å². The van der Waals surface area contributed by atoms with Gasteiger partial charge in [0.05, 0.1) is 10.9 Å². The van der Waals surface area contributed by atoms with E-state index in [0.717, 1.165) is 25.2 Å². The molecule has 2 aliphatic carbocycles. The molecule has 0 aromatic rings. The fourth-order valence-corrected chi connectivity index (χ4v) is 3.13. The van der Waals surface area contributed by atoms with E-state index in [9.17, 15) is 4.79 Å². The van der Waals surface area contributed by atoms with E-state index in [1.54, 1.807) is 19.0 Å². The predicted molar refractivity (Wildman–Crippen MR) is 56.5 cm³/mol. The highest BCUT2D eigenvalue weighted by molar-refractivity contribution is 6.25. The third-order valence-corrected chi connectivity index (χ3v) is 4.10. The summed E-state index contributed by atoms with van der Waals surface area (Å²) in [6, 6.07) is 0.153. The van der Waals surface area contributed by atoms with Crippen LogP contribution in [0.2, 0.25) is 0 Å². The molecule has 0 radical (unpaired) electrons. The van der Waals surface area contributed by atoms with Gasteiger partial charge >= 0.3 is 6.03 Å². The van der Waals surface area contributed by atoms with Crippen molar-refractivity contribution in [2.45, 2.75) is 36.6 Å². The Morgan fingerprint density at radius 3 is 2.71 bits per heavy atom. The van der Waals surface area contributed by atoms with E-state index in [4.69, 9.17) is 11.6 Å². The number of carbonyl (C=O) groups excluding carboxylic acids is 1. The van der Waals surface area contributed by atoms with Crippen molar-refractivity contribution in [2.75, 3.05) is 14.1 Å². The lowest BCUT2D eigenvalue weighted by Gasteiger charge is -2.30. The van der Waals surface area contributed by atoms with E-state index in [2.05, 4.69) is 5.32 Å². The molecule has 3 unspecified atom stereocenters. The number of urea groups is 1. The van der Waals surface area contributed by atoms with Crippen molar-refractivity contribution >= 4 is 17.6 Å². The zero-order valence-corrected chi connectivity index (χ0v) is 9.47. The second kappa shape index (κ2) is 3.30. The van der Waals surface area contributed by atoms with Gasteiger partial charge in [-0.05, 0) is 31.6 Å². The Hall–Kier alpha value is -0.440. The molecule has 3 nitrogen and oxygen atoms in total. The van der Waals surface area contributed by atoms with Crippen molar-refractivity contribution in [3.63, 3.8) is 0 Å². The van der Waals surface area contributed by atoms with E-state index in [-0.39, 0.29) is 16.9 Å². The monoisotopic (exact) mass is 216 g/mol. The number of fused-ring (bicyclic) bond motifs is 2. The molecule has 80 valence electrons. The van der Waals surface area contributed by atoms with Crippen LogP contribution in [0.15, 0.2) is 0 Å². The molecular formula is C10H17ClN2O. The van der Waals surface area contributed by atoms with Gasteiger partial charge in [-0.3, -0.25) is 0 Å². The molecule has 4 heteroatoms. The Balaban J connectivity index is 1.97. The normalized spacial score (nSPS) is 39.9. The van der Waals surface area contributed by atoms with Gasteiger partial charge in [-0.2, -0.15) is 0 Å². The molecule has 2 aliphatic rings. The number of carbonyl (C=O) groups is 1. The summed E-state index contributed by atoms with van der Waals surface area (Å²) >= 11 is 6.48. The first-order valence-corrected chi connectivity index (χ1v) is 5.56. The Kier molecular flexibility index (Phi) is 2.38. The SMILES string of the molecule is CN(C)C(=O)NC1CC2CCC1(Cl)C2. The molecule has 0 heterocycles. The van der Waals surface area contributed by atoms with Gasteiger partial charge in [-0.25, -0.2) is 4.79 Å². The Morgan fingerprint density at radius 1 is 1.57 bits per heavy atom. The second-order valence-corrected chi connectivity index (χ2v) is 5.53. The minimum Gasteiger partial charge on any atom is -0.333 e. The van der Waals surface area contributed by atoms with Gasteiger partial charge in [0, 0.05) is 14.1 Å².